The van der Waals surface area contributed by atoms with Crippen LogP contribution in [-0.4, -0.2) is 51.8 Å². The lowest BCUT2D eigenvalue weighted by atomic mass is 10.0. The number of hydrogen-bond acceptors (Lipinski definition) is 7. The van der Waals surface area contributed by atoms with E-state index in [-0.39, 0.29) is 18.1 Å². The van der Waals surface area contributed by atoms with E-state index in [1.165, 1.54) is 6.39 Å². The van der Waals surface area contributed by atoms with Gasteiger partial charge in [-0.05, 0) is 25.3 Å². The minimum atomic E-state index is -0.152. The van der Waals surface area contributed by atoms with E-state index in [1.54, 1.807) is 18.3 Å². The van der Waals surface area contributed by atoms with Gasteiger partial charge in [0, 0.05) is 30.8 Å². The van der Waals surface area contributed by atoms with Gasteiger partial charge in [-0.15, -0.1) is 0 Å². The van der Waals surface area contributed by atoms with Crippen molar-refractivity contribution in [2.45, 2.75) is 37.8 Å². The molecule has 25 heavy (non-hydrogen) atoms. The van der Waals surface area contributed by atoms with Crippen molar-refractivity contribution in [2.24, 2.45) is 0 Å². The smallest absolute Gasteiger partial charge is 0.254 e. The monoisotopic (exact) mass is 344 g/mol. The van der Waals surface area contributed by atoms with Gasteiger partial charge >= 0.3 is 0 Å². The van der Waals surface area contributed by atoms with Crippen LogP contribution in [0.4, 0.5) is 0 Å². The lowest BCUT2D eigenvalue weighted by Crippen LogP contribution is -2.39. The Balaban J connectivity index is 1.52. The van der Waals surface area contributed by atoms with Crippen molar-refractivity contribution < 1.29 is 18.8 Å². The molecular formula is C17H20N4O4. The molecule has 0 unspecified atom stereocenters. The lowest BCUT2D eigenvalue weighted by Gasteiger charge is -2.33. The number of amides is 1. The van der Waals surface area contributed by atoms with Crippen LogP contribution in [0.25, 0.3) is 0 Å². The number of carbonyl (C=O) groups is 1. The van der Waals surface area contributed by atoms with Crippen LogP contribution in [0.1, 0.15) is 47.9 Å². The first-order valence-corrected chi connectivity index (χ1v) is 8.59. The fraction of sp³-hybridized carbons (Fsp3) is 0.529. The summed E-state index contributed by atoms with van der Waals surface area (Å²) >= 11 is 0. The van der Waals surface area contributed by atoms with E-state index in [2.05, 4.69) is 15.1 Å². The molecule has 2 aliphatic rings. The number of pyridine rings is 1. The third-order valence-corrected chi connectivity index (χ3v) is 4.60. The van der Waals surface area contributed by atoms with Gasteiger partial charge < -0.3 is 18.9 Å². The SMILES string of the molecule is O=C(c1ccnc(O[C@@H]2CCOC2)c1)N1CCCC[C@H]1c1ncon1. The van der Waals surface area contributed by atoms with Gasteiger partial charge in [0.05, 0.1) is 19.3 Å². The first kappa shape index (κ1) is 16.0. The molecule has 2 fully saturated rings. The van der Waals surface area contributed by atoms with Crippen LogP contribution >= 0.6 is 0 Å². The lowest BCUT2D eigenvalue weighted by molar-refractivity contribution is 0.0595. The summed E-state index contributed by atoms with van der Waals surface area (Å²) in [6.07, 6.45) is 6.58. The first-order valence-electron chi connectivity index (χ1n) is 8.59. The number of aromatic nitrogens is 3. The van der Waals surface area contributed by atoms with Gasteiger partial charge in [-0.3, -0.25) is 4.79 Å². The van der Waals surface area contributed by atoms with Crippen LogP contribution in [0.2, 0.25) is 0 Å². The molecule has 4 rings (SSSR count). The van der Waals surface area contributed by atoms with Crippen molar-refractivity contribution in [2.75, 3.05) is 19.8 Å². The second-order valence-corrected chi connectivity index (χ2v) is 6.29. The first-order chi connectivity index (χ1) is 12.3. The Hall–Kier alpha value is -2.48. The number of nitrogens with zero attached hydrogens (tertiary/aromatic N) is 4. The second kappa shape index (κ2) is 7.18. The van der Waals surface area contributed by atoms with E-state index in [9.17, 15) is 4.79 Å². The van der Waals surface area contributed by atoms with E-state index in [0.717, 1.165) is 25.7 Å². The minimum Gasteiger partial charge on any atom is -0.472 e. The largest absolute Gasteiger partial charge is 0.472 e. The number of piperidine rings is 1. The van der Waals surface area contributed by atoms with E-state index >= 15 is 0 Å². The van der Waals surface area contributed by atoms with Crippen LogP contribution in [0.3, 0.4) is 0 Å². The molecule has 0 N–H and O–H groups in total. The number of ether oxygens (including phenoxy) is 2. The zero-order chi connectivity index (χ0) is 17.1. The standard InChI is InChI=1S/C17H20N4O4/c22-17(21-7-2-1-3-14(21)16-19-11-24-20-16)12-4-6-18-15(9-12)25-13-5-8-23-10-13/h4,6,9,11,13-14H,1-3,5,7-8,10H2/t13-,14+/m1/s1. The molecule has 0 aromatic carbocycles. The summed E-state index contributed by atoms with van der Waals surface area (Å²) in [6, 6.07) is 3.26. The predicted octanol–water partition coefficient (Wildman–Crippen LogP) is 2.00. The predicted molar refractivity (Wildman–Crippen MR) is 86.0 cm³/mol. The Morgan fingerprint density at radius 2 is 2.24 bits per heavy atom. The highest BCUT2D eigenvalue weighted by molar-refractivity contribution is 5.94. The van der Waals surface area contributed by atoms with E-state index in [0.29, 0.717) is 37.0 Å². The summed E-state index contributed by atoms with van der Waals surface area (Å²) in [7, 11) is 0. The van der Waals surface area contributed by atoms with E-state index < -0.39 is 0 Å². The molecule has 0 bridgehead atoms. The Morgan fingerprint density at radius 3 is 3.04 bits per heavy atom. The molecule has 2 aromatic rings. The Bertz CT molecular complexity index is 715. The summed E-state index contributed by atoms with van der Waals surface area (Å²) in [5.41, 5.74) is 0.555. The molecule has 2 aliphatic heterocycles. The van der Waals surface area contributed by atoms with Gasteiger partial charge in [0.1, 0.15) is 6.10 Å². The number of hydrogen-bond donors (Lipinski definition) is 0. The minimum absolute atomic E-state index is 0.0000764. The second-order valence-electron chi connectivity index (χ2n) is 6.29. The van der Waals surface area contributed by atoms with Crippen LogP contribution in [-0.2, 0) is 4.74 Å². The Labute approximate surface area is 145 Å². The van der Waals surface area contributed by atoms with Gasteiger partial charge in [-0.2, -0.15) is 4.98 Å². The molecule has 132 valence electrons. The quantitative estimate of drug-likeness (QED) is 0.838. The summed E-state index contributed by atoms with van der Waals surface area (Å²) < 4.78 is 16.0. The van der Waals surface area contributed by atoms with Gasteiger partial charge in [-0.1, -0.05) is 5.16 Å². The van der Waals surface area contributed by atoms with Crippen molar-refractivity contribution >= 4 is 5.91 Å². The summed E-state index contributed by atoms with van der Waals surface area (Å²) in [5.74, 6) is 0.945. The van der Waals surface area contributed by atoms with Crippen LogP contribution < -0.4 is 4.74 Å². The molecule has 0 spiro atoms. The Kier molecular flexibility index (Phi) is 4.60. The molecule has 0 aliphatic carbocycles. The molecule has 2 aromatic heterocycles. The molecule has 0 saturated carbocycles. The fourth-order valence-electron chi connectivity index (χ4n) is 3.32. The van der Waals surface area contributed by atoms with Crippen molar-refractivity contribution in [3.63, 3.8) is 0 Å². The maximum atomic E-state index is 13.0. The van der Waals surface area contributed by atoms with E-state index in [1.807, 2.05) is 4.90 Å². The fourth-order valence-corrected chi connectivity index (χ4v) is 3.32. The zero-order valence-electron chi connectivity index (χ0n) is 13.8. The molecule has 2 saturated heterocycles. The number of rotatable bonds is 4. The summed E-state index contributed by atoms with van der Waals surface area (Å²) in [4.78, 5) is 23.2. The molecule has 2 atom stereocenters. The molecule has 8 heteroatoms. The van der Waals surface area contributed by atoms with Crippen LogP contribution in [0.15, 0.2) is 29.2 Å². The van der Waals surface area contributed by atoms with Crippen molar-refractivity contribution in [3.05, 3.63) is 36.1 Å². The van der Waals surface area contributed by atoms with Gasteiger partial charge in [0.2, 0.25) is 12.3 Å². The number of likely N-dealkylation sites (tertiary alicyclic amines) is 1. The molecule has 0 radical (unpaired) electrons. The molecular weight excluding hydrogens is 324 g/mol. The average Bonchev–Trinajstić information content (AvgIpc) is 3.35. The molecule has 8 nitrogen and oxygen atoms in total. The van der Waals surface area contributed by atoms with Gasteiger partial charge in [0.25, 0.3) is 5.91 Å². The highest BCUT2D eigenvalue weighted by atomic mass is 16.5. The van der Waals surface area contributed by atoms with Crippen LogP contribution in [0, 0.1) is 0 Å². The highest BCUT2D eigenvalue weighted by Crippen LogP contribution is 2.30. The van der Waals surface area contributed by atoms with Gasteiger partial charge in [0.15, 0.2) is 5.82 Å². The third-order valence-electron chi connectivity index (χ3n) is 4.60. The molecule has 1 amide bonds. The van der Waals surface area contributed by atoms with Crippen LogP contribution in [0.5, 0.6) is 5.88 Å². The number of carbonyl (C=O) groups excluding carboxylic acids is 1. The normalized spacial score (nSPS) is 23.6. The van der Waals surface area contributed by atoms with E-state index in [4.69, 9.17) is 14.0 Å². The van der Waals surface area contributed by atoms with Crippen molar-refractivity contribution in [1.82, 2.24) is 20.0 Å². The zero-order valence-corrected chi connectivity index (χ0v) is 13.8. The summed E-state index contributed by atoms with van der Waals surface area (Å²) in [5, 5.41) is 3.92. The maximum absolute atomic E-state index is 13.0. The average molecular weight is 344 g/mol. The third kappa shape index (κ3) is 3.48. The van der Waals surface area contributed by atoms with Crippen molar-refractivity contribution in [1.29, 1.82) is 0 Å². The topological polar surface area (TPSA) is 90.6 Å². The van der Waals surface area contributed by atoms with Gasteiger partial charge in [-0.25, -0.2) is 4.98 Å². The van der Waals surface area contributed by atoms with Crippen molar-refractivity contribution in [3.8, 4) is 5.88 Å². The molecule has 4 heterocycles. The Morgan fingerprint density at radius 1 is 1.28 bits per heavy atom. The highest BCUT2D eigenvalue weighted by Gasteiger charge is 2.31. The summed E-state index contributed by atoms with van der Waals surface area (Å²) in [6.45, 7) is 1.93. The maximum Gasteiger partial charge on any atom is 0.254 e.